The highest BCUT2D eigenvalue weighted by atomic mass is 16.2. The lowest BCUT2D eigenvalue weighted by atomic mass is 10.0. The van der Waals surface area contributed by atoms with Gasteiger partial charge in [0.25, 0.3) is 0 Å². The number of hydrogen-bond donors (Lipinski definition) is 1. The summed E-state index contributed by atoms with van der Waals surface area (Å²) in [6.07, 6.45) is 12.9. The molecule has 0 aromatic heterocycles. The zero-order chi connectivity index (χ0) is 12.1. The van der Waals surface area contributed by atoms with E-state index in [2.05, 4.69) is 19.6 Å². The number of aliphatic hydroxyl groups is 1. The maximum absolute atomic E-state index is 8.73. The van der Waals surface area contributed by atoms with E-state index in [0.29, 0.717) is 0 Å². The van der Waals surface area contributed by atoms with Crippen LogP contribution in [0.5, 0.6) is 0 Å². The first-order valence-electron chi connectivity index (χ1n) is 6.88. The molecule has 0 spiro atoms. The molecule has 0 aromatic carbocycles. The minimum atomic E-state index is 0.240. The molecule has 16 heavy (non-hydrogen) atoms. The van der Waals surface area contributed by atoms with Crippen molar-refractivity contribution in [1.82, 2.24) is 0 Å². The van der Waals surface area contributed by atoms with E-state index in [9.17, 15) is 0 Å². The number of rotatable bonds is 10. The summed E-state index contributed by atoms with van der Waals surface area (Å²) in [5.74, 6) is 0. The van der Waals surface area contributed by atoms with Crippen LogP contribution in [0.3, 0.4) is 0 Å². The summed E-state index contributed by atoms with van der Waals surface area (Å²) >= 11 is 0. The molecule has 94 valence electrons. The quantitative estimate of drug-likeness (QED) is 0.424. The van der Waals surface area contributed by atoms with Crippen LogP contribution < -0.4 is 0 Å². The van der Waals surface area contributed by atoms with Gasteiger partial charge in [-0.25, -0.2) is 0 Å². The highest BCUT2D eigenvalue weighted by Crippen LogP contribution is 2.15. The smallest absolute Gasteiger partial charge is 0.0471 e. The predicted molar refractivity (Wildman–Crippen MR) is 71.6 cm³/mol. The average Bonchev–Trinajstić information content (AvgIpc) is 2.29. The van der Waals surface area contributed by atoms with Gasteiger partial charge in [0.1, 0.15) is 0 Å². The predicted octanol–water partition coefficient (Wildman–Crippen LogP) is 4.61. The van der Waals surface area contributed by atoms with E-state index in [1.165, 1.54) is 56.9 Å². The van der Waals surface area contributed by atoms with Gasteiger partial charge in [-0.1, -0.05) is 39.5 Å². The third-order valence-electron chi connectivity index (χ3n) is 2.74. The third-order valence-corrected chi connectivity index (χ3v) is 2.74. The molecule has 1 heteroatoms. The minimum absolute atomic E-state index is 0.240. The highest BCUT2D eigenvalue weighted by molar-refractivity contribution is 5.01. The molecule has 0 rings (SSSR count). The van der Waals surface area contributed by atoms with E-state index in [1.54, 1.807) is 0 Å². The van der Waals surface area contributed by atoms with Gasteiger partial charge in [-0.3, -0.25) is 0 Å². The second-order valence-electron chi connectivity index (χ2n) is 4.38. The maximum atomic E-state index is 8.73. The summed E-state index contributed by atoms with van der Waals surface area (Å²) < 4.78 is 0. The van der Waals surface area contributed by atoms with Gasteiger partial charge < -0.3 is 5.11 Å². The van der Waals surface area contributed by atoms with Crippen molar-refractivity contribution in [3.63, 3.8) is 0 Å². The average molecular weight is 224 g/mol. The standard InChI is InChI=1S/C15H28O/c1-3-5-7-11-15(12-8-6-4-2)13-9-10-14-16/h9,16H,3-8,10-12,14H2,1-2H3. The SMILES string of the molecule is CCCCCC(=C=CCCO)CCCCC. The molecular formula is C15H28O. The molecular weight excluding hydrogens is 196 g/mol. The summed E-state index contributed by atoms with van der Waals surface area (Å²) in [5, 5.41) is 8.73. The normalized spacial score (nSPS) is 9.94. The molecule has 1 N–H and O–H groups in total. The first-order valence-corrected chi connectivity index (χ1v) is 6.88. The minimum Gasteiger partial charge on any atom is -0.396 e. The fourth-order valence-corrected chi connectivity index (χ4v) is 1.73. The molecule has 0 saturated heterocycles. The zero-order valence-corrected chi connectivity index (χ0v) is 11.1. The van der Waals surface area contributed by atoms with Crippen LogP contribution in [0.25, 0.3) is 0 Å². The summed E-state index contributed by atoms with van der Waals surface area (Å²) in [5.41, 5.74) is 4.82. The van der Waals surface area contributed by atoms with Crippen LogP contribution in [-0.4, -0.2) is 11.7 Å². The Balaban J connectivity index is 3.99. The number of unbranched alkanes of at least 4 members (excludes halogenated alkanes) is 4. The van der Waals surface area contributed by atoms with Crippen molar-refractivity contribution in [3.05, 3.63) is 17.4 Å². The Morgan fingerprint density at radius 1 is 1.00 bits per heavy atom. The van der Waals surface area contributed by atoms with E-state index in [1.807, 2.05) is 6.08 Å². The monoisotopic (exact) mass is 224 g/mol. The lowest BCUT2D eigenvalue weighted by Gasteiger charge is -2.04. The van der Waals surface area contributed by atoms with Crippen LogP contribution in [0.4, 0.5) is 0 Å². The Kier molecular flexibility index (Phi) is 12.1. The van der Waals surface area contributed by atoms with Crippen LogP contribution >= 0.6 is 0 Å². The fraction of sp³-hybridized carbons (Fsp3) is 0.800. The van der Waals surface area contributed by atoms with Gasteiger partial charge in [-0.15, -0.1) is 5.73 Å². The van der Waals surface area contributed by atoms with Crippen molar-refractivity contribution in [1.29, 1.82) is 0 Å². The summed E-state index contributed by atoms with van der Waals surface area (Å²) in [6.45, 7) is 4.72. The molecule has 1 nitrogen and oxygen atoms in total. The first kappa shape index (κ1) is 15.5. The van der Waals surface area contributed by atoms with Crippen LogP contribution in [0, 0.1) is 0 Å². The Morgan fingerprint density at radius 2 is 1.56 bits per heavy atom. The summed E-state index contributed by atoms with van der Waals surface area (Å²) in [6, 6.07) is 0. The van der Waals surface area contributed by atoms with E-state index < -0.39 is 0 Å². The summed E-state index contributed by atoms with van der Waals surface area (Å²) in [7, 11) is 0. The zero-order valence-electron chi connectivity index (χ0n) is 11.1. The van der Waals surface area contributed by atoms with Crippen molar-refractivity contribution in [2.75, 3.05) is 6.61 Å². The van der Waals surface area contributed by atoms with E-state index >= 15 is 0 Å². The number of aliphatic hydroxyl groups excluding tert-OH is 1. The van der Waals surface area contributed by atoms with Crippen LogP contribution in [0.2, 0.25) is 0 Å². The van der Waals surface area contributed by atoms with Crippen LogP contribution in [0.1, 0.15) is 71.6 Å². The molecule has 0 fully saturated rings. The molecule has 0 aromatic rings. The van der Waals surface area contributed by atoms with Gasteiger partial charge in [0.05, 0.1) is 0 Å². The van der Waals surface area contributed by atoms with Gasteiger partial charge in [0.2, 0.25) is 0 Å². The molecule has 0 saturated carbocycles. The van der Waals surface area contributed by atoms with Crippen LogP contribution in [-0.2, 0) is 0 Å². The molecule has 0 aliphatic carbocycles. The lowest BCUT2D eigenvalue weighted by Crippen LogP contribution is -1.85. The second-order valence-corrected chi connectivity index (χ2v) is 4.38. The summed E-state index contributed by atoms with van der Waals surface area (Å²) in [4.78, 5) is 0. The molecule has 0 amide bonds. The molecule has 0 aliphatic rings. The largest absolute Gasteiger partial charge is 0.396 e. The molecule has 0 atom stereocenters. The fourth-order valence-electron chi connectivity index (χ4n) is 1.73. The topological polar surface area (TPSA) is 20.2 Å². The van der Waals surface area contributed by atoms with Gasteiger partial charge >= 0.3 is 0 Å². The van der Waals surface area contributed by atoms with Crippen molar-refractivity contribution in [2.24, 2.45) is 0 Å². The van der Waals surface area contributed by atoms with Gasteiger partial charge in [0.15, 0.2) is 0 Å². The Labute approximate surface area is 101 Å². The molecule has 0 heterocycles. The Hall–Kier alpha value is -0.520. The van der Waals surface area contributed by atoms with E-state index in [4.69, 9.17) is 5.11 Å². The van der Waals surface area contributed by atoms with Crippen molar-refractivity contribution in [2.45, 2.75) is 71.6 Å². The molecule has 0 aliphatic heterocycles. The van der Waals surface area contributed by atoms with Gasteiger partial charge in [-0.2, -0.15) is 0 Å². The molecule has 0 bridgehead atoms. The molecule has 0 radical (unpaired) electrons. The number of hydrogen-bond acceptors (Lipinski definition) is 1. The van der Waals surface area contributed by atoms with Crippen molar-refractivity contribution in [3.8, 4) is 0 Å². The van der Waals surface area contributed by atoms with E-state index in [-0.39, 0.29) is 6.61 Å². The van der Waals surface area contributed by atoms with E-state index in [0.717, 1.165) is 6.42 Å². The van der Waals surface area contributed by atoms with Crippen LogP contribution in [0.15, 0.2) is 17.4 Å². The third kappa shape index (κ3) is 10.0. The van der Waals surface area contributed by atoms with Gasteiger partial charge in [-0.05, 0) is 43.8 Å². The Morgan fingerprint density at radius 3 is 2.00 bits per heavy atom. The lowest BCUT2D eigenvalue weighted by molar-refractivity contribution is 0.302. The van der Waals surface area contributed by atoms with Crippen molar-refractivity contribution < 1.29 is 5.11 Å². The first-order chi connectivity index (χ1) is 7.85. The highest BCUT2D eigenvalue weighted by Gasteiger charge is 1.96. The maximum Gasteiger partial charge on any atom is 0.0471 e. The van der Waals surface area contributed by atoms with Crippen molar-refractivity contribution >= 4 is 0 Å². The second kappa shape index (κ2) is 12.5. The molecule has 0 unspecified atom stereocenters. The van der Waals surface area contributed by atoms with Gasteiger partial charge in [0, 0.05) is 6.61 Å². The Bertz CT molecular complexity index is 187.